The molecule has 3 aliphatic rings. The lowest BCUT2D eigenvalue weighted by atomic mass is 9.60. The van der Waals surface area contributed by atoms with Gasteiger partial charge in [-0.2, -0.15) is 13.2 Å². The third-order valence-electron chi connectivity index (χ3n) is 7.80. The number of rotatable bonds is 3. The second-order valence-corrected chi connectivity index (χ2v) is 10.4. The SMILES string of the molecule is COc1ccc(C(=O)N2CCC3(CC2)C2=CC=C(C(=O)C(F)(F)F)C2C(C)(C)CN3C)cc1C. The van der Waals surface area contributed by atoms with Crippen molar-refractivity contribution in [3.8, 4) is 5.75 Å². The highest BCUT2D eigenvalue weighted by Gasteiger charge is 2.57. The number of ketones is 1. The number of halogens is 3. The van der Waals surface area contributed by atoms with Crippen LogP contribution >= 0.6 is 0 Å². The van der Waals surface area contributed by atoms with Crippen molar-refractivity contribution in [2.45, 2.75) is 45.3 Å². The van der Waals surface area contributed by atoms with Crippen molar-refractivity contribution in [3.63, 3.8) is 0 Å². The fourth-order valence-electron chi connectivity index (χ4n) is 6.19. The molecule has 1 aliphatic carbocycles. The Morgan fingerprint density at radius 2 is 1.76 bits per heavy atom. The van der Waals surface area contributed by atoms with E-state index in [4.69, 9.17) is 4.74 Å². The van der Waals surface area contributed by atoms with Crippen LogP contribution in [0.1, 0.15) is 42.6 Å². The largest absolute Gasteiger partial charge is 0.496 e. The second-order valence-electron chi connectivity index (χ2n) is 10.4. The number of benzene rings is 1. The number of carbonyl (C=O) groups excluding carboxylic acids is 2. The summed E-state index contributed by atoms with van der Waals surface area (Å²) in [5.74, 6) is -1.68. The number of ether oxygens (including phenoxy) is 1. The van der Waals surface area contributed by atoms with E-state index >= 15 is 0 Å². The van der Waals surface area contributed by atoms with Gasteiger partial charge < -0.3 is 9.64 Å². The normalized spacial score (nSPS) is 23.9. The molecule has 1 aromatic carbocycles. The predicted octanol–water partition coefficient (Wildman–Crippen LogP) is 4.56. The molecular weight excluding hydrogens is 445 g/mol. The van der Waals surface area contributed by atoms with Gasteiger partial charge >= 0.3 is 6.18 Å². The van der Waals surface area contributed by atoms with Gasteiger partial charge in [0.1, 0.15) is 5.75 Å². The lowest BCUT2D eigenvalue weighted by molar-refractivity contribution is -0.167. The van der Waals surface area contributed by atoms with Crippen LogP contribution in [0.4, 0.5) is 13.2 Å². The number of hydrogen-bond acceptors (Lipinski definition) is 4. The molecule has 5 nitrogen and oxygen atoms in total. The number of amides is 1. The van der Waals surface area contributed by atoms with Gasteiger partial charge in [0.05, 0.1) is 7.11 Å². The van der Waals surface area contributed by atoms with Crippen LogP contribution in [0.25, 0.3) is 0 Å². The maximum Gasteiger partial charge on any atom is 0.454 e. The molecule has 1 atom stereocenters. The van der Waals surface area contributed by atoms with Gasteiger partial charge in [0.15, 0.2) is 0 Å². The van der Waals surface area contributed by atoms with Gasteiger partial charge in [-0.1, -0.05) is 26.0 Å². The first-order chi connectivity index (χ1) is 15.8. The van der Waals surface area contributed by atoms with Gasteiger partial charge in [-0.3, -0.25) is 14.5 Å². The number of methoxy groups -OCH3 is 1. The number of nitrogens with zero attached hydrogens (tertiary/aromatic N) is 2. The number of alkyl halides is 3. The average molecular weight is 477 g/mol. The van der Waals surface area contributed by atoms with E-state index in [-0.39, 0.29) is 11.5 Å². The first kappa shape index (κ1) is 24.5. The summed E-state index contributed by atoms with van der Waals surface area (Å²) in [6.45, 7) is 7.26. The minimum Gasteiger partial charge on any atom is -0.496 e. The second kappa shape index (κ2) is 8.26. The molecular formula is C26H31F3N2O3. The maximum absolute atomic E-state index is 13.3. The molecule has 0 radical (unpaired) electrons. The van der Waals surface area contributed by atoms with E-state index in [2.05, 4.69) is 4.90 Å². The number of likely N-dealkylation sites (N-methyl/N-ethyl adjacent to an activating group) is 1. The standard InChI is InChI=1S/C26H31F3N2O3/c1-16-14-17(6-9-20(16)34-5)23(33)31-12-10-25(11-13-31)19-8-7-18(22(32)26(27,28)29)21(19)24(2,3)15-30(25)4/h6-9,14,21H,10-13,15H2,1-5H3. The first-order valence-corrected chi connectivity index (χ1v) is 11.5. The van der Waals surface area contributed by atoms with E-state index in [9.17, 15) is 22.8 Å². The molecule has 2 saturated heterocycles. The number of allylic oxidation sites excluding steroid dienone is 3. The number of likely N-dealkylation sites (tertiary alicyclic amines) is 2. The summed E-state index contributed by atoms with van der Waals surface area (Å²) in [4.78, 5) is 29.4. The summed E-state index contributed by atoms with van der Waals surface area (Å²) < 4.78 is 45.2. The summed E-state index contributed by atoms with van der Waals surface area (Å²) in [5.41, 5.74) is 1.17. The highest BCUT2D eigenvalue weighted by atomic mass is 19.4. The summed E-state index contributed by atoms with van der Waals surface area (Å²) in [6, 6.07) is 5.35. The van der Waals surface area contributed by atoms with Crippen LogP contribution in [0.15, 0.2) is 41.5 Å². The van der Waals surface area contributed by atoms with E-state index in [1.807, 2.05) is 33.9 Å². The molecule has 184 valence electrons. The van der Waals surface area contributed by atoms with Crippen molar-refractivity contribution in [1.82, 2.24) is 9.80 Å². The summed E-state index contributed by atoms with van der Waals surface area (Å²) >= 11 is 0. The van der Waals surface area contributed by atoms with E-state index in [1.54, 1.807) is 30.2 Å². The lowest BCUT2D eigenvalue weighted by Crippen LogP contribution is -2.63. The Morgan fingerprint density at radius 3 is 2.32 bits per heavy atom. The molecule has 2 fully saturated rings. The number of hydrogen-bond donors (Lipinski definition) is 0. The lowest BCUT2D eigenvalue weighted by Gasteiger charge is -2.58. The minimum absolute atomic E-state index is 0.0672. The van der Waals surface area contributed by atoms with E-state index in [0.717, 1.165) is 16.9 Å². The topological polar surface area (TPSA) is 49.9 Å². The van der Waals surface area contributed by atoms with Crippen LogP contribution in [0.3, 0.4) is 0 Å². The number of Topliss-reactive ketones (excluding diaryl/α,β-unsaturated/α-hetero) is 1. The number of fused-ring (bicyclic) bond motifs is 2. The van der Waals surface area contributed by atoms with E-state index < -0.39 is 28.8 Å². The Morgan fingerprint density at radius 1 is 1.12 bits per heavy atom. The average Bonchev–Trinajstić information content (AvgIpc) is 3.23. The van der Waals surface area contributed by atoms with Gasteiger partial charge in [0.25, 0.3) is 11.7 Å². The molecule has 2 aliphatic heterocycles. The zero-order valence-corrected chi connectivity index (χ0v) is 20.3. The first-order valence-electron chi connectivity index (χ1n) is 11.5. The van der Waals surface area contributed by atoms with Crippen molar-refractivity contribution in [1.29, 1.82) is 0 Å². The van der Waals surface area contributed by atoms with Crippen molar-refractivity contribution in [2.24, 2.45) is 11.3 Å². The highest BCUT2D eigenvalue weighted by molar-refractivity contribution is 6.02. The minimum atomic E-state index is -4.89. The summed E-state index contributed by atoms with van der Waals surface area (Å²) in [5, 5.41) is 0. The molecule has 4 rings (SSSR count). The van der Waals surface area contributed by atoms with Gasteiger partial charge in [-0.05, 0) is 61.6 Å². The molecule has 1 aromatic rings. The Balaban J connectivity index is 1.56. The Bertz CT molecular complexity index is 1080. The number of carbonyl (C=O) groups is 2. The molecule has 0 saturated carbocycles. The van der Waals surface area contributed by atoms with Crippen LogP contribution in [0.5, 0.6) is 5.75 Å². The Kier molecular flexibility index (Phi) is 5.95. The van der Waals surface area contributed by atoms with Crippen molar-refractivity contribution < 1.29 is 27.5 Å². The van der Waals surface area contributed by atoms with E-state index in [0.29, 0.717) is 38.0 Å². The monoisotopic (exact) mass is 476 g/mol. The molecule has 34 heavy (non-hydrogen) atoms. The van der Waals surface area contributed by atoms with Crippen LogP contribution in [0, 0.1) is 18.3 Å². The third kappa shape index (κ3) is 3.85. The molecule has 1 amide bonds. The molecule has 2 heterocycles. The summed E-state index contributed by atoms with van der Waals surface area (Å²) in [6.07, 6.45) is -0.594. The quantitative estimate of drug-likeness (QED) is 0.642. The zero-order valence-electron chi connectivity index (χ0n) is 20.3. The van der Waals surface area contributed by atoms with E-state index in [1.165, 1.54) is 6.08 Å². The summed E-state index contributed by atoms with van der Waals surface area (Å²) in [7, 11) is 3.58. The maximum atomic E-state index is 13.3. The Labute approximate surface area is 198 Å². The highest BCUT2D eigenvalue weighted by Crippen LogP contribution is 2.55. The fraction of sp³-hybridized carbons (Fsp3) is 0.538. The predicted molar refractivity (Wildman–Crippen MR) is 123 cm³/mol. The molecule has 1 spiro atoms. The molecule has 0 aromatic heterocycles. The van der Waals surface area contributed by atoms with Crippen LogP contribution < -0.4 is 4.74 Å². The zero-order chi connectivity index (χ0) is 25.1. The third-order valence-corrected chi connectivity index (χ3v) is 7.80. The van der Waals surface area contributed by atoms with Crippen molar-refractivity contribution in [3.05, 3.63) is 52.6 Å². The molecule has 8 heteroatoms. The van der Waals surface area contributed by atoms with Crippen LogP contribution in [0.2, 0.25) is 0 Å². The van der Waals surface area contributed by atoms with Crippen molar-refractivity contribution >= 4 is 11.7 Å². The molecule has 0 N–H and O–H groups in total. The molecule has 1 unspecified atom stereocenters. The van der Waals surface area contributed by atoms with Gasteiger partial charge in [0.2, 0.25) is 0 Å². The van der Waals surface area contributed by atoms with Crippen LogP contribution in [-0.4, -0.2) is 67.0 Å². The van der Waals surface area contributed by atoms with Gasteiger partial charge in [0, 0.05) is 42.2 Å². The van der Waals surface area contributed by atoms with Gasteiger partial charge in [-0.25, -0.2) is 0 Å². The number of aryl methyl sites for hydroxylation is 1. The van der Waals surface area contributed by atoms with Crippen molar-refractivity contribution in [2.75, 3.05) is 33.8 Å². The Hall–Kier alpha value is -2.61. The number of piperidine rings is 2. The van der Waals surface area contributed by atoms with Crippen LogP contribution in [-0.2, 0) is 4.79 Å². The molecule has 0 bridgehead atoms. The van der Waals surface area contributed by atoms with Gasteiger partial charge in [-0.15, -0.1) is 0 Å². The smallest absolute Gasteiger partial charge is 0.454 e. The fourth-order valence-corrected chi connectivity index (χ4v) is 6.19.